The molecule has 0 spiro atoms. The van der Waals surface area contributed by atoms with Crippen molar-refractivity contribution in [3.63, 3.8) is 0 Å². The molecule has 0 unspecified atom stereocenters. The maximum Gasteiger partial charge on any atom is 0.326 e. The summed E-state index contributed by atoms with van der Waals surface area (Å²) >= 11 is 1.33. The largest absolute Gasteiger partial charge is 0.508 e. The number of aromatic amines is 1. The molecule has 0 aliphatic carbocycles. The van der Waals surface area contributed by atoms with Crippen LogP contribution in [0.25, 0.3) is 0 Å². The molecule has 8 amide bonds. The first-order valence-electron chi connectivity index (χ1n) is 28.6. The van der Waals surface area contributed by atoms with Gasteiger partial charge in [-0.3, -0.25) is 52.9 Å². The summed E-state index contributed by atoms with van der Waals surface area (Å²) in [6.07, 6.45) is 1.99. The average Bonchev–Trinajstić information content (AvgIpc) is 2.70. The zero-order chi connectivity index (χ0) is 65.6. The number of carboxylic acids is 3. The second-order valence-corrected chi connectivity index (χ2v) is 22.2. The number of aliphatic imine (C=N–C) groups is 1. The molecule has 2 aromatic carbocycles. The molecule has 484 valence electrons. The zero-order valence-electron chi connectivity index (χ0n) is 49.8. The van der Waals surface area contributed by atoms with Gasteiger partial charge in [0, 0.05) is 44.1 Å². The van der Waals surface area contributed by atoms with E-state index in [0.29, 0.717) is 29.0 Å². The Morgan fingerprint density at radius 3 is 1.41 bits per heavy atom. The normalized spacial score (nSPS) is 14.8. The number of nitrogens with one attached hydrogen (secondary N) is 9. The molecule has 31 heteroatoms. The number of nitrogens with zero attached hydrogens (tertiary/aromatic N) is 2. The third kappa shape index (κ3) is 25.9. The number of aromatic hydroxyl groups is 2. The number of thioether (sulfide) groups is 1. The van der Waals surface area contributed by atoms with E-state index in [9.17, 15) is 78.3 Å². The number of H-pyrrole nitrogens is 1. The molecular weight excluding hydrogens is 1170 g/mol. The van der Waals surface area contributed by atoms with Crippen LogP contribution in [-0.2, 0) is 72.0 Å². The summed E-state index contributed by atoms with van der Waals surface area (Å²) in [5.74, 6) is -13.0. The topological polar surface area (TPSA) is 504 Å². The lowest BCUT2D eigenvalue weighted by Gasteiger charge is -2.30. The van der Waals surface area contributed by atoms with Gasteiger partial charge in [0.05, 0.1) is 12.4 Å². The Labute approximate surface area is 512 Å². The fraction of sp³-hybridized carbons (Fsp3) is 0.526. The number of phenolic OH excluding ortho intramolecular Hbond substituents is 2. The van der Waals surface area contributed by atoms with Crippen LogP contribution in [0.15, 0.2) is 66.0 Å². The highest BCUT2D eigenvalue weighted by molar-refractivity contribution is 7.98. The summed E-state index contributed by atoms with van der Waals surface area (Å²) in [5, 5.41) is 69.5. The number of aromatic nitrogens is 2. The standard InChI is InChI=1S/C57H84N14O16S/c1-6-30(3)46(70-52(82)40(19-21-45(76)77)67-49(79)39(18-20-44(74)75)66-50(80)41(22-24-88-5)64-48(78)37(58)25-32-10-14-35(72)15-11-32)55(85)69-42(26-33-12-16-36(73)17-13-33)53(83)68-43(27-34-28-61-29-63-34)54(84)65-38(9-8-23-62-57(59)60)51(81)71-47(56(86)87)31(4)7-2/h10-17,28-31,37-43,46-47,72-73H,6-9,18-27,58H2,1-5H3,(H,61,63)(H,64,78)(H,65,84)(H,66,80)(H,67,79)(H,68,83)(H,69,85)(H,70,82)(H,71,81)(H,74,75)(H,76,77)(H,86,87)(H4,59,60,62)/t30-,31-,37-,38-,39-,40-,41-,42-,43-,46-,47-/m0/s1. The summed E-state index contributed by atoms with van der Waals surface area (Å²) in [6, 6.07) is -1.80. The third-order valence-corrected chi connectivity index (χ3v) is 14.9. The first-order valence-corrected chi connectivity index (χ1v) is 30.0. The number of rotatable bonds is 40. The second-order valence-electron chi connectivity index (χ2n) is 21.2. The molecule has 88 heavy (non-hydrogen) atoms. The van der Waals surface area contributed by atoms with E-state index in [1.54, 1.807) is 46.1 Å². The lowest BCUT2D eigenvalue weighted by atomic mass is 9.96. The molecule has 30 nitrogen and oxygen atoms in total. The van der Waals surface area contributed by atoms with Gasteiger partial charge < -0.3 is 90.3 Å². The maximum atomic E-state index is 14.7. The van der Waals surface area contributed by atoms with Gasteiger partial charge in [0.15, 0.2) is 5.96 Å². The van der Waals surface area contributed by atoms with Gasteiger partial charge in [-0.1, -0.05) is 64.8 Å². The van der Waals surface area contributed by atoms with Crippen molar-refractivity contribution in [1.29, 1.82) is 0 Å². The van der Waals surface area contributed by atoms with Crippen LogP contribution in [0.3, 0.4) is 0 Å². The second kappa shape index (κ2) is 37.5. The van der Waals surface area contributed by atoms with Gasteiger partial charge in [0.25, 0.3) is 0 Å². The number of amides is 8. The summed E-state index contributed by atoms with van der Waals surface area (Å²) in [5.41, 5.74) is 18.5. The van der Waals surface area contributed by atoms with Crippen molar-refractivity contribution in [2.45, 2.75) is 159 Å². The minimum Gasteiger partial charge on any atom is -0.508 e. The number of benzene rings is 2. The van der Waals surface area contributed by atoms with E-state index in [1.165, 1.54) is 60.7 Å². The van der Waals surface area contributed by atoms with Gasteiger partial charge in [-0.05, 0) is 97.8 Å². The first kappa shape index (κ1) is 73.3. The van der Waals surface area contributed by atoms with Gasteiger partial charge in [-0.25, -0.2) is 9.78 Å². The van der Waals surface area contributed by atoms with Crippen LogP contribution < -0.4 is 59.7 Å². The molecule has 3 aromatic rings. The molecule has 0 fully saturated rings. The smallest absolute Gasteiger partial charge is 0.326 e. The van der Waals surface area contributed by atoms with Gasteiger partial charge in [-0.2, -0.15) is 11.8 Å². The van der Waals surface area contributed by atoms with Crippen molar-refractivity contribution in [1.82, 2.24) is 52.5 Å². The number of phenols is 2. The lowest BCUT2D eigenvalue weighted by molar-refractivity contribution is -0.144. The highest BCUT2D eigenvalue weighted by Gasteiger charge is 2.37. The third-order valence-electron chi connectivity index (χ3n) is 14.3. The number of hydrogen-bond acceptors (Lipinski definition) is 17. The molecule has 0 bridgehead atoms. The Bertz CT molecular complexity index is 2840. The first-order chi connectivity index (χ1) is 41.7. The molecule has 1 aromatic heterocycles. The molecule has 11 atom stereocenters. The summed E-state index contributed by atoms with van der Waals surface area (Å²) in [4.78, 5) is 160. The molecule has 20 N–H and O–H groups in total. The number of hydrogen-bond donors (Lipinski definition) is 17. The van der Waals surface area contributed by atoms with E-state index in [4.69, 9.17) is 17.2 Å². The fourth-order valence-electron chi connectivity index (χ4n) is 8.75. The van der Waals surface area contributed by atoms with Crippen LogP contribution in [0.2, 0.25) is 0 Å². The Hall–Kier alpha value is -9.00. The number of carbonyl (C=O) groups is 11. The van der Waals surface area contributed by atoms with Crippen molar-refractivity contribution >= 4 is 82.9 Å². The number of guanidine groups is 1. The average molecular weight is 1250 g/mol. The SMILES string of the molecule is CC[C@H](C)[C@H](NC(=O)[C@H](CCCN=C(N)N)NC(=O)[C@H](Cc1cnc[nH]1)NC(=O)[C@H](Cc1ccc(O)cc1)NC(=O)[C@@H](NC(=O)[C@H](CCC(=O)O)NC(=O)[C@H](CCC(=O)O)NC(=O)[C@H](CCSC)NC(=O)[C@@H](N)Cc1ccc(O)cc1)[C@@H](C)CC)C(=O)O. The Morgan fingerprint density at radius 2 is 0.955 bits per heavy atom. The molecule has 3 rings (SSSR count). The monoisotopic (exact) mass is 1250 g/mol. The fourth-order valence-corrected chi connectivity index (χ4v) is 9.22. The predicted molar refractivity (Wildman–Crippen MR) is 323 cm³/mol. The van der Waals surface area contributed by atoms with Gasteiger partial charge in [0.2, 0.25) is 47.3 Å². The van der Waals surface area contributed by atoms with Crippen molar-refractivity contribution in [3.8, 4) is 11.5 Å². The highest BCUT2D eigenvalue weighted by Crippen LogP contribution is 2.17. The van der Waals surface area contributed by atoms with Crippen molar-refractivity contribution in [2.75, 3.05) is 18.6 Å². The lowest BCUT2D eigenvalue weighted by Crippen LogP contribution is -2.61. The van der Waals surface area contributed by atoms with Crippen LogP contribution >= 0.6 is 11.8 Å². The quantitative estimate of drug-likeness (QED) is 0.0180. The van der Waals surface area contributed by atoms with E-state index in [2.05, 4.69) is 57.5 Å². The van der Waals surface area contributed by atoms with Gasteiger partial charge >= 0.3 is 17.9 Å². The molecular formula is C57H84N14O16S. The van der Waals surface area contributed by atoms with E-state index in [-0.39, 0.29) is 68.9 Å². The molecule has 1 heterocycles. The van der Waals surface area contributed by atoms with E-state index in [0.717, 1.165) is 0 Å². The molecule has 0 saturated heterocycles. The van der Waals surface area contributed by atoms with E-state index in [1.807, 2.05) is 0 Å². The van der Waals surface area contributed by atoms with Crippen LogP contribution in [0.5, 0.6) is 11.5 Å². The summed E-state index contributed by atoms with van der Waals surface area (Å²) in [6.45, 7) is 6.63. The summed E-state index contributed by atoms with van der Waals surface area (Å²) < 4.78 is 0. The molecule has 0 saturated carbocycles. The van der Waals surface area contributed by atoms with Crippen LogP contribution in [0.4, 0.5) is 0 Å². The zero-order valence-corrected chi connectivity index (χ0v) is 50.6. The molecule has 0 aliphatic rings. The number of nitrogens with two attached hydrogens (primary N) is 3. The predicted octanol–water partition coefficient (Wildman–Crippen LogP) is -1.23. The Balaban J connectivity index is 1.99. The van der Waals surface area contributed by atoms with Crippen LogP contribution in [0, 0.1) is 11.8 Å². The van der Waals surface area contributed by atoms with Crippen molar-refractivity contribution < 1.29 is 78.3 Å². The number of imidazole rings is 1. The minimum absolute atomic E-state index is 0.00938. The number of carboxylic acid groups (broad SMARTS) is 3. The Morgan fingerprint density at radius 1 is 0.545 bits per heavy atom. The maximum absolute atomic E-state index is 14.7. The van der Waals surface area contributed by atoms with Crippen LogP contribution in [-0.4, -0.2) is 180 Å². The summed E-state index contributed by atoms with van der Waals surface area (Å²) in [7, 11) is 0. The van der Waals surface area contributed by atoms with Gasteiger partial charge in [-0.15, -0.1) is 0 Å². The molecule has 0 aliphatic heterocycles. The van der Waals surface area contributed by atoms with Gasteiger partial charge in [0.1, 0.15) is 59.8 Å². The highest BCUT2D eigenvalue weighted by atomic mass is 32.2. The van der Waals surface area contributed by atoms with Crippen LogP contribution in [0.1, 0.15) is 102 Å². The minimum atomic E-state index is -1.75. The van der Waals surface area contributed by atoms with E-state index < -0.39 is 157 Å². The van der Waals surface area contributed by atoms with E-state index >= 15 is 0 Å². The molecule has 0 radical (unpaired) electrons. The van der Waals surface area contributed by atoms with Crippen molar-refractivity contribution in [3.05, 3.63) is 77.9 Å². The number of carbonyl (C=O) groups excluding carboxylic acids is 8. The van der Waals surface area contributed by atoms with Crippen molar-refractivity contribution in [2.24, 2.45) is 34.0 Å². The number of aliphatic carboxylic acids is 3. The Kier molecular flexibility index (Phi) is 31.2.